The van der Waals surface area contributed by atoms with Gasteiger partial charge in [0.05, 0.1) is 11.9 Å². The van der Waals surface area contributed by atoms with Gasteiger partial charge in [0.1, 0.15) is 5.82 Å². The number of hydrogen-bond acceptors (Lipinski definition) is 5. The molecule has 0 amide bonds. The quantitative estimate of drug-likeness (QED) is 0.788. The normalized spacial score (nSPS) is 18.6. The van der Waals surface area contributed by atoms with Crippen molar-refractivity contribution in [2.75, 3.05) is 13.1 Å². The van der Waals surface area contributed by atoms with Crippen LogP contribution in [0.15, 0.2) is 35.0 Å². The molecule has 0 saturated carbocycles. The summed E-state index contributed by atoms with van der Waals surface area (Å²) in [5.74, 6) is 1.44. The Kier molecular flexibility index (Phi) is 4.31. The number of likely N-dealkylation sites (tertiary alicyclic amines) is 1. The standard InChI is InChI=1S/C18H20FN5O/c1-12-21-18(23-25-12)14-5-3-7-24(10-14)11-15-9-20-22-17(15)13-4-2-6-16(19)8-13/h2,4,6,8-9,14H,3,5,7,10-11H2,1H3,(H,20,22)/t14-/m0/s1. The molecule has 3 heterocycles. The maximum Gasteiger partial charge on any atom is 0.223 e. The monoisotopic (exact) mass is 341 g/mol. The summed E-state index contributed by atoms with van der Waals surface area (Å²) in [6.45, 7) is 4.47. The number of aromatic amines is 1. The van der Waals surface area contributed by atoms with Gasteiger partial charge < -0.3 is 4.52 Å². The molecule has 130 valence electrons. The maximum atomic E-state index is 13.5. The Morgan fingerprint density at radius 3 is 3.12 bits per heavy atom. The number of nitrogens with one attached hydrogen (secondary N) is 1. The van der Waals surface area contributed by atoms with Gasteiger partial charge in [-0.3, -0.25) is 10.00 Å². The van der Waals surface area contributed by atoms with Gasteiger partial charge in [-0.1, -0.05) is 17.3 Å². The van der Waals surface area contributed by atoms with Crippen LogP contribution in [0.2, 0.25) is 0 Å². The Hall–Kier alpha value is -2.54. The van der Waals surface area contributed by atoms with E-state index in [2.05, 4.69) is 25.2 Å². The first-order chi connectivity index (χ1) is 12.2. The molecule has 4 rings (SSSR count). The van der Waals surface area contributed by atoms with Crippen LogP contribution in [0.4, 0.5) is 4.39 Å². The average Bonchev–Trinajstić information content (AvgIpc) is 3.24. The summed E-state index contributed by atoms with van der Waals surface area (Å²) in [5, 5.41) is 11.2. The van der Waals surface area contributed by atoms with E-state index >= 15 is 0 Å². The predicted octanol–water partition coefficient (Wildman–Crippen LogP) is 3.29. The van der Waals surface area contributed by atoms with E-state index in [0.29, 0.717) is 5.89 Å². The smallest absolute Gasteiger partial charge is 0.223 e. The van der Waals surface area contributed by atoms with Gasteiger partial charge >= 0.3 is 0 Å². The zero-order chi connectivity index (χ0) is 17.2. The minimum Gasteiger partial charge on any atom is -0.340 e. The van der Waals surface area contributed by atoms with Crippen molar-refractivity contribution in [3.05, 3.63) is 53.6 Å². The number of aryl methyl sites for hydroxylation is 1. The molecule has 1 saturated heterocycles. The van der Waals surface area contributed by atoms with E-state index in [1.54, 1.807) is 6.07 Å². The van der Waals surface area contributed by atoms with E-state index in [0.717, 1.165) is 55.1 Å². The fourth-order valence-electron chi connectivity index (χ4n) is 3.46. The summed E-state index contributed by atoms with van der Waals surface area (Å²) < 4.78 is 18.6. The first kappa shape index (κ1) is 16.0. The van der Waals surface area contributed by atoms with Crippen molar-refractivity contribution in [3.8, 4) is 11.3 Å². The van der Waals surface area contributed by atoms with Crippen LogP contribution in [-0.4, -0.2) is 38.3 Å². The first-order valence-corrected chi connectivity index (χ1v) is 8.50. The number of hydrogen-bond donors (Lipinski definition) is 1. The lowest BCUT2D eigenvalue weighted by Crippen LogP contribution is -2.34. The molecule has 0 aliphatic carbocycles. The zero-order valence-electron chi connectivity index (χ0n) is 14.1. The molecule has 2 aromatic heterocycles. The molecule has 0 bridgehead atoms. The molecule has 1 aliphatic rings. The second-order valence-corrected chi connectivity index (χ2v) is 6.53. The molecule has 0 unspecified atom stereocenters. The van der Waals surface area contributed by atoms with Gasteiger partial charge in [-0.05, 0) is 31.5 Å². The number of benzene rings is 1. The van der Waals surface area contributed by atoms with Gasteiger partial charge in [0, 0.05) is 37.1 Å². The van der Waals surface area contributed by atoms with Crippen molar-refractivity contribution >= 4 is 0 Å². The van der Waals surface area contributed by atoms with E-state index in [4.69, 9.17) is 4.52 Å². The van der Waals surface area contributed by atoms with Crippen LogP contribution in [0.1, 0.15) is 36.0 Å². The van der Waals surface area contributed by atoms with E-state index in [1.807, 2.05) is 19.2 Å². The molecular formula is C18H20FN5O. The summed E-state index contributed by atoms with van der Waals surface area (Å²) >= 11 is 0. The number of halogens is 1. The molecule has 7 heteroatoms. The van der Waals surface area contributed by atoms with Crippen molar-refractivity contribution in [3.63, 3.8) is 0 Å². The van der Waals surface area contributed by atoms with Gasteiger partial charge in [0.25, 0.3) is 0 Å². The van der Waals surface area contributed by atoms with Gasteiger partial charge in [0.15, 0.2) is 5.82 Å². The van der Waals surface area contributed by atoms with Gasteiger partial charge in [-0.25, -0.2) is 4.39 Å². The number of rotatable bonds is 4. The largest absolute Gasteiger partial charge is 0.340 e. The fourth-order valence-corrected chi connectivity index (χ4v) is 3.46. The predicted molar refractivity (Wildman–Crippen MR) is 90.3 cm³/mol. The highest BCUT2D eigenvalue weighted by Crippen LogP contribution is 2.28. The lowest BCUT2D eigenvalue weighted by molar-refractivity contribution is 0.195. The molecule has 1 fully saturated rings. The van der Waals surface area contributed by atoms with Crippen LogP contribution in [0.3, 0.4) is 0 Å². The Morgan fingerprint density at radius 1 is 1.40 bits per heavy atom. The topological polar surface area (TPSA) is 70.8 Å². The minimum atomic E-state index is -0.247. The van der Waals surface area contributed by atoms with E-state index in [9.17, 15) is 4.39 Å². The Bertz CT molecular complexity index is 859. The lowest BCUT2D eigenvalue weighted by atomic mass is 9.96. The van der Waals surface area contributed by atoms with Crippen molar-refractivity contribution in [2.24, 2.45) is 0 Å². The summed E-state index contributed by atoms with van der Waals surface area (Å²) in [5.41, 5.74) is 2.75. The Balaban J connectivity index is 1.50. The van der Waals surface area contributed by atoms with Gasteiger partial charge in [-0.15, -0.1) is 0 Å². The molecule has 1 aliphatic heterocycles. The van der Waals surface area contributed by atoms with Gasteiger partial charge in [0.2, 0.25) is 5.89 Å². The molecule has 1 atom stereocenters. The highest BCUT2D eigenvalue weighted by atomic mass is 19.1. The number of H-pyrrole nitrogens is 1. The van der Waals surface area contributed by atoms with Crippen molar-refractivity contribution in [2.45, 2.75) is 32.2 Å². The van der Waals surface area contributed by atoms with Crippen LogP contribution in [0, 0.1) is 12.7 Å². The summed E-state index contributed by atoms with van der Waals surface area (Å²) in [6.07, 6.45) is 3.98. The molecule has 1 aromatic carbocycles. The molecule has 0 radical (unpaired) electrons. The molecule has 25 heavy (non-hydrogen) atoms. The van der Waals surface area contributed by atoms with Crippen LogP contribution < -0.4 is 0 Å². The van der Waals surface area contributed by atoms with Gasteiger partial charge in [-0.2, -0.15) is 10.1 Å². The summed E-state index contributed by atoms with van der Waals surface area (Å²) in [4.78, 5) is 6.74. The van der Waals surface area contributed by atoms with E-state index in [-0.39, 0.29) is 11.7 Å². The van der Waals surface area contributed by atoms with Crippen molar-refractivity contribution in [1.29, 1.82) is 0 Å². The van der Waals surface area contributed by atoms with Crippen molar-refractivity contribution in [1.82, 2.24) is 25.2 Å². The third-order valence-electron chi connectivity index (χ3n) is 4.64. The van der Waals surface area contributed by atoms with Crippen LogP contribution in [0.5, 0.6) is 0 Å². The summed E-state index contributed by atoms with van der Waals surface area (Å²) in [6, 6.07) is 6.58. The molecular weight excluding hydrogens is 321 g/mol. The maximum absolute atomic E-state index is 13.5. The second kappa shape index (κ2) is 6.76. The minimum absolute atomic E-state index is 0.247. The third kappa shape index (κ3) is 3.46. The SMILES string of the molecule is Cc1nc([C@H]2CCCN(Cc3cn[nH]c3-c3cccc(F)c3)C2)no1. The fraction of sp³-hybridized carbons (Fsp3) is 0.389. The van der Waals surface area contributed by atoms with Crippen LogP contribution in [0.25, 0.3) is 11.3 Å². The Morgan fingerprint density at radius 2 is 2.32 bits per heavy atom. The van der Waals surface area contributed by atoms with Crippen LogP contribution in [-0.2, 0) is 6.54 Å². The van der Waals surface area contributed by atoms with Crippen molar-refractivity contribution < 1.29 is 8.91 Å². The van der Waals surface area contributed by atoms with E-state index in [1.165, 1.54) is 12.1 Å². The molecule has 0 spiro atoms. The number of aromatic nitrogens is 4. The molecule has 1 N–H and O–H groups in total. The molecule has 6 nitrogen and oxygen atoms in total. The first-order valence-electron chi connectivity index (χ1n) is 8.50. The number of piperidine rings is 1. The Labute approximate surface area is 145 Å². The lowest BCUT2D eigenvalue weighted by Gasteiger charge is -2.31. The highest BCUT2D eigenvalue weighted by molar-refractivity contribution is 5.62. The van der Waals surface area contributed by atoms with E-state index < -0.39 is 0 Å². The number of nitrogens with zero attached hydrogens (tertiary/aromatic N) is 4. The van der Waals surface area contributed by atoms with Crippen LogP contribution >= 0.6 is 0 Å². The third-order valence-corrected chi connectivity index (χ3v) is 4.64. The average molecular weight is 341 g/mol. The molecule has 3 aromatic rings. The second-order valence-electron chi connectivity index (χ2n) is 6.53. The zero-order valence-corrected chi connectivity index (χ0v) is 14.1. The highest BCUT2D eigenvalue weighted by Gasteiger charge is 2.25. The summed E-state index contributed by atoms with van der Waals surface area (Å²) in [7, 11) is 0.